The first-order valence-corrected chi connectivity index (χ1v) is 5.38. The Bertz CT molecular complexity index is 419. The van der Waals surface area contributed by atoms with Gasteiger partial charge in [-0.1, -0.05) is 6.07 Å². The Morgan fingerprint density at radius 1 is 1.47 bits per heavy atom. The fourth-order valence-corrected chi connectivity index (χ4v) is 1.17. The van der Waals surface area contributed by atoms with Crippen molar-refractivity contribution in [3.63, 3.8) is 0 Å². The van der Waals surface area contributed by atoms with Crippen molar-refractivity contribution in [2.24, 2.45) is 0 Å². The zero-order chi connectivity index (χ0) is 12.9. The van der Waals surface area contributed by atoms with Gasteiger partial charge in [0.1, 0.15) is 5.60 Å². The second kappa shape index (κ2) is 5.59. The van der Waals surface area contributed by atoms with Gasteiger partial charge < -0.3 is 9.84 Å². The first kappa shape index (κ1) is 13.4. The number of nitrogens with zero attached hydrogens (tertiary/aromatic N) is 1. The summed E-state index contributed by atoms with van der Waals surface area (Å²) in [5.41, 5.74) is 0.681. The molecule has 0 aromatic carbocycles. The summed E-state index contributed by atoms with van der Waals surface area (Å²) in [6, 6.07) is 5.23. The zero-order valence-electron chi connectivity index (χ0n) is 10.3. The molecule has 0 saturated heterocycles. The van der Waals surface area contributed by atoms with Gasteiger partial charge in [0.25, 0.3) is 0 Å². The second-order valence-electron chi connectivity index (χ2n) is 4.58. The van der Waals surface area contributed by atoms with Crippen molar-refractivity contribution < 1.29 is 14.6 Å². The third-order valence-corrected chi connectivity index (χ3v) is 1.79. The van der Waals surface area contributed by atoms with Gasteiger partial charge >= 0.3 is 5.97 Å². The van der Waals surface area contributed by atoms with Gasteiger partial charge in [0.2, 0.25) is 0 Å². The highest BCUT2D eigenvalue weighted by Gasteiger charge is 2.13. The Hall–Kier alpha value is -1.68. The fraction of sp³-hybridized carbons (Fsp3) is 0.385. The molecule has 4 heteroatoms. The Morgan fingerprint density at radius 3 is 2.76 bits per heavy atom. The molecule has 1 aromatic rings. The lowest BCUT2D eigenvalue weighted by Crippen LogP contribution is -2.22. The van der Waals surface area contributed by atoms with Crippen LogP contribution >= 0.6 is 0 Å². The summed E-state index contributed by atoms with van der Waals surface area (Å²) in [6.07, 6.45) is 2.89. The van der Waals surface area contributed by atoms with Gasteiger partial charge in [-0.25, -0.2) is 4.79 Å². The minimum absolute atomic E-state index is 0.117. The highest BCUT2D eigenvalue weighted by molar-refractivity contribution is 5.86. The van der Waals surface area contributed by atoms with Gasteiger partial charge in [-0.2, -0.15) is 0 Å². The average molecular weight is 235 g/mol. The molecule has 92 valence electrons. The number of esters is 1. The van der Waals surface area contributed by atoms with E-state index in [4.69, 9.17) is 9.84 Å². The third-order valence-electron chi connectivity index (χ3n) is 1.79. The molecule has 0 aliphatic heterocycles. The quantitative estimate of drug-likeness (QED) is 0.642. The van der Waals surface area contributed by atoms with Crippen molar-refractivity contribution in [3.8, 4) is 0 Å². The van der Waals surface area contributed by atoms with E-state index in [-0.39, 0.29) is 6.61 Å². The molecule has 0 saturated carbocycles. The highest BCUT2D eigenvalue weighted by Crippen LogP contribution is 2.08. The lowest BCUT2D eigenvalue weighted by atomic mass is 10.2. The monoisotopic (exact) mass is 235 g/mol. The summed E-state index contributed by atoms with van der Waals surface area (Å²) < 4.78 is 5.11. The number of pyridine rings is 1. The van der Waals surface area contributed by atoms with Crippen LogP contribution in [0, 0.1) is 0 Å². The molecule has 0 unspecified atom stereocenters. The third kappa shape index (κ3) is 5.26. The van der Waals surface area contributed by atoms with Crippen LogP contribution in [-0.2, 0) is 16.1 Å². The molecule has 1 N–H and O–H groups in total. The summed E-state index contributed by atoms with van der Waals surface area (Å²) in [4.78, 5) is 15.5. The second-order valence-corrected chi connectivity index (χ2v) is 4.58. The number of carbonyl (C=O) groups is 1. The van der Waals surface area contributed by atoms with Crippen molar-refractivity contribution in [1.29, 1.82) is 0 Å². The summed E-state index contributed by atoms with van der Waals surface area (Å²) in [5, 5.41) is 8.91. The van der Waals surface area contributed by atoms with E-state index in [1.807, 2.05) is 20.8 Å². The molecule has 4 nitrogen and oxygen atoms in total. The topological polar surface area (TPSA) is 59.4 Å². The van der Waals surface area contributed by atoms with Crippen LogP contribution in [0.5, 0.6) is 0 Å². The first-order chi connectivity index (χ1) is 7.90. The normalized spacial score (nSPS) is 11.8. The molecule has 0 fully saturated rings. The van der Waals surface area contributed by atoms with Gasteiger partial charge in [0.05, 0.1) is 18.0 Å². The average Bonchev–Trinajstić information content (AvgIpc) is 2.24. The molecule has 17 heavy (non-hydrogen) atoms. The SMILES string of the molecule is CC(C)(C)OC(=O)/C=C\c1cccc(CO)n1. The Morgan fingerprint density at radius 2 is 2.18 bits per heavy atom. The van der Waals surface area contributed by atoms with Crippen LogP contribution in [0.25, 0.3) is 6.08 Å². The number of ether oxygens (including phenoxy) is 1. The molecule has 0 aliphatic carbocycles. The number of aliphatic hydroxyl groups excluding tert-OH is 1. The van der Waals surface area contributed by atoms with Gasteiger partial charge in [0.15, 0.2) is 0 Å². The van der Waals surface area contributed by atoms with E-state index in [9.17, 15) is 4.79 Å². The first-order valence-electron chi connectivity index (χ1n) is 5.38. The minimum Gasteiger partial charge on any atom is -0.457 e. The highest BCUT2D eigenvalue weighted by atomic mass is 16.6. The lowest BCUT2D eigenvalue weighted by Gasteiger charge is -2.17. The van der Waals surface area contributed by atoms with Crippen molar-refractivity contribution in [1.82, 2.24) is 4.98 Å². The van der Waals surface area contributed by atoms with E-state index in [0.717, 1.165) is 0 Å². The zero-order valence-corrected chi connectivity index (χ0v) is 10.3. The molecular formula is C13H17NO3. The van der Waals surface area contributed by atoms with E-state index >= 15 is 0 Å². The van der Waals surface area contributed by atoms with E-state index in [1.54, 1.807) is 24.3 Å². The molecule has 0 radical (unpaired) electrons. The maximum atomic E-state index is 11.4. The number of hydrogen-bond donors (Lipinski definition) is 1. The molecule has 0 amide bonds. The minimum atomic E-state index is -0.498. The number of aliphatic hydroxyl groups is 1. The number of hydrogen-bond acceptors (Lipinski definition) is 4. The van der Waals surface area contributed by atoms with Crippen molar-refractivity contribution in [3.05, 3.63) is 35.7 Å². The van der Waals surface area contributed by atoms with Crippen LogP contribution in [-0.4, -0.2) is 21.7 Å². The molecule has 0 bridgehead atoms. The molecule has 0 atom stereocenters. The van der Waals surface area contributed by atoms with E-state index < -0.39 is 11.6 Å². The van der Waals surface area contributed by atoms with Gasteiger partial charge in [-0.15, -0.1) is 0 Å². The Balaban J connectivity index is 2.67. The van der Waals surface area contributed by atoms with E-state index in [0.29, 0.717) is 11.4 Å². The van der Waals surface area contributed by atoms with Gasteiger partial charge in [-0.3, -0.25) is 4.98 Å². The summed E-state index contributed by atoms with van der Waals surface area (Å²) >= 11 is 0. The standard InChI is InChI=1S/C13H17NO3/c1-13(2,3)17-12(16)8-7-10-5-4-6-11(9-15)14-10/h4-8,15H,9H2,1-3H3/b8-7-. The van der Waals surface area contributed by atoms with Crippen LogP contribution in [0.3, 0.4) is 0 Å². The predicted molar refractivity (Wildman–Crippen MR) is 65.0 cm³/mol. The van der Waals surface area contributed by atoms with E-state index in [2.05, 4.69) is 4.98 Å². The van der Waals surface area contributed by atoms with Crippen molar-refractivity contribution in [2.75, 3.05) is 0 Å². The van der Waals surface area contributed by atoms with Crippen LogP contribution in [0.1, 0.15) is 32.2 Å². The smallest absolute Gasteiger partial charge is 0.331 e. The summed E-state index contributed by atoms with van der Waals surface area (Å²) in [6.45, 7) is 5.31. The van der Waals surface area contributed by atoms with Gasteiger partial charge in [-0.05, 0) is 39.0 Å². The van der Waals surface area contributed by atoms with Crippen molar-refractivity contribution in [2.45, 2.75) is 33.0 Å². The number of aromatic nitrogens is 1. The van der Waals surface area contributed by atoms with Crippen LogP contribution < -0.4 is 0 Å². The van der Waals surface area contributed by atoms with Crippen LogP contribution in [0.4, 0.5) is 0 Å². The molecule has 1 heterocycles. The lowest BCUT2D eigenvalue weighted by molar-refractivity contribution is -0.148. The van der Waals surface area contributed by atoms with Crippen molar-refractivity contribution >= 4 is 12.0 Å². The Kier molecular flexibility index (Phi) is 4.40. The summed E-state index contributed by atoms with van der Waals surface area (Å²) in [7, 11) is 0. The van der Waals surface area contributed by atoms with Gasteiger partial charge in [0, 0.05) is 6.08 Å². The summed E-state index contributed by atoms with van der Waals surface area (Å²) in [5.74, 6) is -0.409. The molecule has 0 spiro atoms. The maximum absolute atomic E-state index is 11.4. The molecule has 1 aromatic heterocycles. The number of carbonyl (C=O) groups excluding carboxylic acids is 1. The fourth-order valence-electron chi connectivity index (χ4n) is 1.17. The number of rotatable bonds is 3. The van der Waals surface area contributed by atoms with Crippen LogP contribution in [0.2, 0.25) is 0 Å². The largest absolute Gasteiger partial charge is 0.457 e. The molecular weight excluding hydrogens is 218 g/mol. The van der Waals surface area contributed by atoms with Crippen LogP contribution in [0.15, 0.2) is 24.3 Å². The maximum Gasteiger partial charge on any atom is 0.331 e. The van der Waals surface area contributed by atoms with E-state index in [1.165, 1.54) is 6.08 Å². The Labute approximate surface area is 101 Å². The molecule has 1 rings (SSSR count). The molecule has 0 aliphatic rings. The predicted octanol–water partition coefficient (Wildman–Crippen LogP) is 1.93.